The standard InChI is InChI=1S/C11H23NO2/c1-8(2)6-9(12)7-10(13)14-11(3,4)5/h8-9H,6-7,12H2,1-5H3/p+1/t9-/m1/s1. The van der Waals surface area contributed by atoms with E-state index in [9.17, 15) is 4.79 Å². The van der Waals surface area contributed by atoms with E-state index >= 15 is 0 Å². The maximum Gasteiger partial charge on any atom is 0.312 e. The van der Waals surface area contributed by atoms with E-state index in [2.05, 4.69) is 19.6 Å². The number of rotatable bonds is 4. The van der Waals surface area contributed by atoms with Gasteiger partial charge in [0.25, 0.3) is 0 Å². The van der Waals surface area contributed by atoms with E-state index in [-0.39, 0.29) is 17.6 Å². The highest BCUT2D eigenvalue weighted by Gasteiger charge is 2.20. The van der Waals surface area contributed by atoms with Crippen molar-refractivity contribution in [3.8, 4) is 0 Å². The zero-order chi connectivity index (χ0) is 11.4. The number of hydrogen-bond acceptors (Lipinski definition) is 2. The second-order valence-electron chi connectivity index (χ2n) is 5.29. The van der Waals surface area contributed by atoms with E-state index in [0.717, 1.165) is 6.42 Å². The number of hydrogen-bond donors (Lipinski definition) is 1. The molecule has 0 bridgehead atoms. The minimum absolute atomic E-state index is 0.141. The van der Waals surface area contributed by atoms with Crippen LogP contribution in [-0.2, 0) is 9.53 Å². The molecule has 0 aromatic rings. The van der Waals surface area contributed by atoms with E-state index in [0.29, 0.717) is 12.3 Å². The Morgan fingerprint density at radius 1 is 1.36 bits per heavy atom. The van der Waals surface area contributed by atoms with Crippen LogP contribution in [-0.4, -0.2) is 17.6 Å². The van der Waals surface area contributed by atoms with Gasteiger partial charge >= 0.3 is 5.97 Å². The van der Waals surface area contributed by atoms with Crippen molar-refractivity contribution in [1.82, 2.24) is 0 Å². The number of ether oxygens (including phenoxy) is 1. The second-order valence-corrected chi connectivity index (χ2v) is 5.29. The van der Waals surface area contributed by atoms with Crippen LogP contribution in [0.2, 0.25) is 0 Å². The fourth-order valence-electron chi connectivity index (χ4n) is 1.37. The number of esters is 1. The molecule has 0 heterocycles. The summed E-state index contributed by atoms with van der Waals surface area (Å²) in [4.78, 5) is 11.4. The summed E-state index contributed by atoms with van der Waals surface area (Å²) in [6, 6.07) is 0.171. The summed E-state index contributed by atoms with van der Waals surface area (Å²) in [5, 5.41) is 0. The Morgan fingerprint density at radius 3 is 2.21 bits per heavy atom. The number of carbonyl (C=O) groups is 1. The average Bonchev–Trinajstić information content (AvgIpc) is 1.77. The minimum atomic E-state index is -0.380. The minimum Gasteiger partial charge on any atom is -0.460 e. The average molecular weight is 202 g/mol. The summed E-state index contributed by atoms with van der Waals surface area (Å²) in [5.74, 6) is 0.443. The van der Waals surface area contributed by atoms with Crippen molar-refractivity contribution in [3.05, 3.63) is 0 Å². The molecule has 14 heavy (non-hydrogen) atoms. The summed E-state index contributed by atoms with van der Waals surface area (Å²) in [6.45, 7) is 9.91. The van der Waals surface area contributed by atoms with Crippen molar-refractivity contribution in [2.75, 3.05) is 0 Å². The van der Waals surface area contributed by atoms with Crippen LogP contribution in [0.15, 0.2) is 0 Å². The van der Waals surface area contributed by atoms with Gasteiger partial charge in [0.2, 0.25) is 0 Å². The van der Waals surface area contributed by atoms with Gasteiger partial charge in [-0.25, -0.2) is 0 Å². The smallest absolute Gasteiger partial charge is 0.312 e. The highest BCUT2D eigenvalue weighted by Crippen LogP contribution is 2.10. The van der Waals surface area contributed by atoms with Gasteiger partial charge in [-0.05, 0) is 26.7 Å². The maximum absolute atomic E-state index is 11.4. The molecule has 1 atom stereocenters. The van der Waals surface area contributed by atoms with Crippen LogP contribution >= 0.6 is 0 Å². The Balaban J connectivity index is 3.83. The fourth-order valence-corrected chi connectivity index (χ4v) is 1.37. The van der Waals surface area contributed by atoms with Crippen LogP contribution in [0.4, 0.5) is 0 Å². The molecular weight excluding hydrogens is 178 g/mol. The molecule has 0 unspecified atom stereocenters. The first-order chi connectivity index (χ1) is 6.20. The van der Waals surface area contributed by atoms with Gasteiger partial charge < -0.3 is 10.5 Å². The topological polar surface area (TPSA) is 53.9 Å². The van der Waals surface area contributed by atoms with Crippen LogP contribution in [0.25, 0.3) is 0 Å². The molecule has 0 amide bonds. The van der Waals surface area contributed by atoms with Crippen molar-refractivity contribution in [1.29, 1.82) is 0 Å². The van der Waals surface area contributed by atoms with E-state index in [4.69, 9.17) is 4.74 Å². The first kappa shape index (κ1) is 13.4. The van der Waals surface area contributed by atoms with E-state index < -0.39 is 0 Å². The molecule has 0 saturated heterocycles. The summed E-state index contributed by atoms with van der Waals surface area (Å²) in [6.07, 6.45) is 1.40. The van der Waals surface area contributed by atoms with Crippen molar-refractivity contribution in [3.63, 3.8) is 0 Å². The lowest BCUT2D eigenvalue weighted by Crippen LogP contribution is -2.62. The van der Waals surface area contributed by atoms with Gasteiger partial charge in [0.15, 0.2) is 0 Å². The Labute approximate surface area is 87.0 Å². The third kappa shape index (κ3) is 8.05. The van der Waals surface area contributed by atoms with Crippen LogP contribution in [0.3, 0.4) is 0 Å². The second kappa shape index (κ2) is 5.35. The van der Waals surface area contributed by atoms with Gasteiger partial charge in [-0.3, -0.25) is 4.79 Å². The SMILES string of the molecule is CC(C)C[C@@H]([NH3+])CC(=O)OC(C)(C)C. The van der Waals surface area contributed by atoms with Gasteiger partial charge in [0.1, 0.15) is 5.60 Å². The molecule has 0 aromatic carbocycles. The first-order valence-electron chi connectivity index (χ1n) is 5.25. The highest BCUT2D eigenvalue weighted by atomic mass is 16.6. The molecule has 0 radical (unpaired) electrons. The molecule has 0 aliphatic rings. The fraction of sp³-hybridized carbons (Fsp3) is 0.909. The summed E-state index contributed by atoms with van der Waals surface area (Å²) < 4.78 is 5.21. The first-order valence-corrected chi connectivity index (χ1v) is 5.25. The molecule has 3 nitrogen and oxygen atoms in total. The molecule has 0 aromatic heterocycles. The van der Waals surface area contributed by atoms with Crippen molar-refractivity contribution < 1.29 is 15.3 Å². The number of quaternary nitrogens is 1. The highest BCUT2D eigenvalue weighted by molar-refractivity contribution is 5.70. The zero-order valence-corrected chi connectivity index (χ0v) is 10.1. The van der Waals surface area contributed by atoms with Gasteiger partial charge in [0, 0.05) is 6.42 Å². The van der Waals surface area contributed by atoms with Gasteiger partial charge in [-0.15, -0.1) is 0 Å². The lowest BCUT2D eigenvalue weighted by molar-refractivity contribution is -0.422. The normalized spacial score (nSPS) is 14.2. The van der Waals surface area contributed by atoms with Crippen molar-refractivity contribution >= 4 is 5.97 Å². The van der Waals surface area contributed by atoms with Crippen molar-refractivity contribution in [2.45, 2.75) is 59.1 Å². The Bertz CT molecular complexity index is 182. The van der Waals surface area contributed by atoms with E-state index in [1.807, 2.05) is 20.8 Å². The molecule has 0 saturated carbocycles. The molecule has 0 fully saturated rings. The van der Waals surface area contributed by atoms with E-state index in [1.54, 1.807) is 0 Å². The third-order valence-corrected chi connectivity index (χ3v) is 1.68. The monoisotopic (exact) mass is 202 g/mol. The number of carbonyl (C=O) groups excluding carboxylic acids is 1. The molecule has 84 valence electrons. The Morgan fingerprint density at radius 2 is 1.86 bits per heavy atom. The van der Waals surface area contributed by atoms with Crippen molar-refractivity contribution in [2.24, 2.45) is 5.92 Å². The molecule has 0 rings (SSSR count). The molecule has 3 heteroatoms. The third-order valence-electron chi connectivity index (χ3n) is 1.68. The van der Waals surface area contributed by atoms with Gasteiger partial charge in [-0.1, -0.05) is 13.8 Å². The van der Waals surface area contributed by atoms with E-state index in [1.165, 1.54) is 0 Å². The zero-order valence-electron chi connectivity index (χ0n) is 10.1. The maximum atomic E-state index is 11.4. The Hall–Kier alpha value is -0.570. The molecule has 0 aliphatic carbocycles. The predicted molar refractivity (Wildman–Crippen MR) is 56.6 cm³/mol. The lowest BCUT2D eigenvalue weighted by Gasteiger charge is -2.20. The van der Waals surface area contributed by atoms with Crippen LogP contribution in [0.1, 0.15) is 47.5 Å². The van der Waals surface area contributed by atoms with Crippen LogP contribution in [0, 0.1) is 5.92 Å². The van der Waals surface area contributed by atoms with Crippen LogP contribution < -0.4 is 5.73 Å². The molecular formula is C11H24NO2+. The largest absolute Gasteiger partial charge is 0.460 e. The summed E-state index contributed by atoms with van der Waals surface area (Å²) in [5.41, 5.74) is 3.57. The van der Waals surface area contributed by atoms with Crippen LogP contribution in [0.5, 0.6) is 0 Å². The molecule has 3 N–H and O–H groups in total. The Kier molecular flexibility index (Phi) is 5.13. The molecule has 0 aliphatic heterocycles. The predicted octanol–water partition coefficient (Wildman–Crippen LogP) is 1.37. The van der Waals surface area contributed by atoms with Gasteiger partial charge in [0.05, 0.1) is 12.5 Å². The van der Waals surface area contributed by atoms with Gasteiger partial charge in [-0.2, -0.15) is 0 Å². The summed E-state index contributed by atoms with van der Waals surface area (Å²) >= 11 is 0. The quantitative estimate of drug-likeness (QED) is 0.700. The molecule has 0 spiro atoms. The lowest BCUT2D eigenvalue weighted by atomic mass is 10.0. The summed E-state index contributed by atoms with van der Waals surface area (Å²) in [7, 11) is 0.